The number of ether oxygens (including phenoxy) is 4. The molecule has 1 aromatic heterocycles. The highest BCUT2D eigenvalue weighted by Crippen LogP contribution is 2.30. The first-order valence-electron chi connectivity index (χ1n) is 8.78. The second-order valence-corrected chi connectivity index (χ2v) is 6.50. The van der Waals surface area contributed by atoms with Crippen LogP contribution in [-0.2, 0) is 9.53 Å². The number of fused-ring (bicyclic) bond motifs is 1. The van der Waals surface area contributed by atoms with Gasteiger partial charge >= 0.3 is 5.97 Å². The zero-order chi connectivity index (χ0) is 21.7. The Morgan fingerprint density at radius 1 is 0.967 bits per heavy atom. The average Bonchev–Trinajstić information content (AvgIpc) is 2.76. The maximum Gasteiger partial charge on any atom is 0.356 e. The summed E-state index contributed by atoms with van der Waals surface area (Å²) in [6, 6.07) is 11.3. The van der Waals surface area contributed by atoms with E-state index in [2.05, 4.69) is 10.3 Å². The molecule has 0 aliphatic heterocycles. The number of carbonyl (C=O) groups is 2. The van der Waals surface area contributed by atoms with Gasteiger partial charge in [-0.2, -0.15) is 0 Å². The Balaban J connectivity index is 1.80. The fourth-order valence-corrected chi connectivity index (χ4v) is 2.92. The number of hydrogen-bond acceptors (Lipinski definition) is 7. The van der Waals surface area contributed by atoms with Crippen molar-refractivity contribution in [3.8, 4) is 17.2 Å². The molecule has 0 aliphatic carbocycles. The number of esters is 1. The largest absolute Gasteiger partial charge is 0.493 e. The van der Waals surface area contributed by atoms with Gasteiger partial charge in [0.2, 0.25) is 0 Å². The van der Waals surface area contributed by atoms with E-state index in [0.717, 1.165) is 0 Å². The van der Waals surface area contributed by atoms with E-state index in [4.69, 9.17) is 30.5 Å². The summed E-state index contributed by atoms with van der Waals surface area (Å²) in [5.41, 5.74) is 1.05. The molecule has 0 fully saturated rings. The molecule has 156 valence electrons. The Kier molecular flexibility index (Phi) is 6.58. The van der Waals surface area contributed by atoms with Crippen LogP contribution in [0, 0.1) is 0 Å². The van der Waals surface area contributed by atoms with Crippen LogP contribution in [0.5, 0.6) is 17.2 Å². The van der Waals surface area contributed by atoms with Gasteiger partial charge in [0.1, 0.15) is 5.75 Å². The molecule has 0 bridgehead atoms. The quantitative estimate of drug-likeness (QED) is 0.571. The van der Waals surface area contributed by atoms with Crippen LogP contribution in [-0.4, -0.2) is 44.8 Å². The summed E-state index contributed by atoms with van der Waals surface area (Å²) in [6.45, 7) is -0.305. The molecule has 0 saturated heterocycles. The molecular weight excluding hydrogens is 412 g/mol. The van der Waals surface area contributed by atoms with Gasteiger partial charge in [0.15, 0.2) is 23.8 Å². The predicted molar refractivity (Wildman–Crippen MR) is 112 cm³/mol. The van der Waals surface area contributed by atoms with Crippen molar-refractivity contribution in [1.29, 1.82) is 0 Å². The van der Waals surface area contributed by atoms with Crippen molar-refractivity contribution < 1.29 is 28.5 Å². The summed E-state index contributed by atoms with van der Waals surface area (Å²) in [5, 5.41) is 3.74. The first-order valence-corrected chi connectivity index (χ1v) is 9.16. The van der Waals surface area contributed by atoms with Crippen LogP contribution in [0.25, 0.3) is 10.9 Å². The van der Waals surface area contributed by atoms with Gasteiger partial charge in [-0.3, -0.25) is 4.79 Å². The van der Waals surface area contributed by atoms with Gasteiger partial charge in [-0.05, 0) is 30.3 Å². The Morgan fingerprint density at radius 3 is 2.43 bits per heavy atom. The number of rotatable bonds is 7. The summed E-state index contributed by atoms with van der Waals surface area (Å²) in [4.78, 5) is 28.5. The highest BCUT2D eigenvalue weighted by molar-refractivity contribution is 6.31. The van der Waals surface area contributed by atoms with Crippen LogP contribution in [0.3, 0.4) is 0 Å². The molecule has 8 nitrogen and oxygen atoms in total. The van der Waals surface area contributed by atoms with Crippen LogP contribution in [0.2, 0.25) is 5.02 Å². The van der Waals surface area contributed by atoms with Crippen molar-refractivity contribution in [2.24, 2.45) is 0 Å². The molecule has 0 spiro atoms. The molecule has 0 radical (unpaired) electrons. The van der Waals surface area contributed by atoms with E-state index in [1.807, 2.05) is 0 Å². The summed E-state index contributed by atoms with van der Waals surface area (Å²) in [6.07, 6.45) is 0. The number of halogens is 1. The molecule has 1 N–H and O–H groups in total. The van der Waals surface area contributed by atoms with Crippen LogP contribution >= 0.6 is 11.6 Å². The Hall–Kier alpha value is -3.52. The molecule has 2 aromatic carbocycles. The predicted octanol–water partition coefficient (Wildman–Crippen LogP) is 3.71. The smallest absolute Gasteiger partial charge is 0.356 e. The second-order valence-electron chi connectivity index (χ2n) is 6.07. The third kappa shape index (κ3) is 4.72. The van der Waals surface area contributed by atoms with Gasteiger partial charge in [0.25, 0.3) is 5.91 Å². The number of benzene rings is 2. The monoisotopic (exact) mass is 430 g/mol. The van der Waals surface area contributed by atoms with Crippen molar-refractivity contribution in [1.82, 2.24) is 4.98 Å². The highest BCUT2D eigenvalue weighted by atomic mass is 35.5. The molecule has 0 atom stereocenters. The molecule has 0 unspecified atom stereocenters. The second kappa shape index (κ2) is 9.32. The number of aromatic nitrogens is 1. The molecule has 3 rings (SSSR count). The van der Waals surface area contributed by atoms with Gasteiger partial charge in [-0.25, -0.2) is 9.78 Å². The Labute approximate surface area is 177 Å². The maximum atomic E-state index is 12.4. The number of carbonyl (C=O) groups excluding carboxylic acids is 2. The number of pyridine rings is 1. The minimum Gasteiger partial charge on any atom is -0.493 e. The van der Waals surface area contributed by atoms with Crippen LogP contribution in [0.1, 0.15) is 10.5 Å². The third-order valence-corrected chi connectivity index (χ3v) is 4.39. The molecule has 1 amide bonds. The first-order chi connectivity index (χ1) is 14.4. The number of anilines is 1. The SMILES string of the molecule is COC(=O)c1cc(OCC(=O)Nc2ccc(OC)c(OC)c2)c2cc(Cl)ccc2n1. The van der Waals surface area contributed by atoms with E-state index < -0.39 is 11.9 Å². The topological polar surface area (TPSA) is 96.0 Å². The zero-order valence-electron chi connectivity index (χ0n) is 16.5. The Bertz CT molecular complexity index is 1100. The van der Waals surface area contributed by atoms with Crippen LogP contribution in [0.15, 0.2) is 42.5 Å². The fourth-order valence-electron chi connectivity index (χ4n) is 2.75. The van der Waals surface area contributed by atoms with Gasteiger partial charge in [-0.1, -0.05) is 11.6 Å². The van der Waals surface area contributed by atoms with E-state index in [-0.39, 0.29) is 18.1 Å². The molecule has 30 heavy (non-hydrogen) atoms. The van der Waals surface area contributed by atoms with E-state index in [0.29, 0.717) is 33.1 Å². The molecular formula is C21H19ClN2O6. The molecule has 0 aliphatic rings. The molecule has 9 heteroatoms. The first kappa shape index (κ1) is 21.2. The van der Waals surface area contributed by atoms with E-state index in [1.165, 1.54) is 27.4 Å². The van der Waals surface area contributed by atoms with Crippen molar-refractivity contribution in [2.75, 3.05) is 33.3 Å². The highest BCUT2D eigenvalue weighted by Gasteiger charge is 2.15. The minimum absolute atomic E-state index is 0.0580. The van der Waals surface area contributed by atoms with Gasteiger partial charge in [0, 0.05) is 28.2 Å². The lowest BCUT2D eigenvalue weighted by atomic mass is 10.2. The van der Waals surface area contributed by atoms with Crippen molar-refractivity contribution >= 4 is 40.1 Å². The summed E-state index contributed by atoms with van der Waals surface area (Å²) < 4.78 is 20.8. The van der Waals surface area contributed by atoms with Crippen molar-refractivity contribution in [3.05, 3.63) is 53.2 Å². The van der Waals surface area contributed by atoms with Gasteiger partial charge in [-0.15, -0.1) is 0 Å². The fraction of sp³-hybridized carbons (Fsp3) is 0.190. The van der Waals surface area contributed by atoms with E-state index >= 15 is 0 Å². The van der Waals surface area contributed by atoms with Crippen molar-refractivity contribution in [3.63, 3.8) is 0 Å². The molecule has 0 saturated carbocycles. The van der Waals surface area contributed by atoms with Crippen LogP contribution < -0.4 is 19.5 Å². The third-order valence-electron chi connectivity index (χ3n) is 4.15. The van der Waals surface area contributed by atoms with E-state index in [1.54, 1.807) is 36.4 Å². The molecule has 3 aromatic rings. The standard InChI is InChI=1S/C21H19ClN2O6/c1-27-17-7-5-13(9-19(17)28-2)23-20(25)11-30-18-10-16(21(26)29-3)24-15-6-4-12(22)8-14(15)18/h4-10H,11H2,1-3H3,(H,23,25). The lowest BCUT2D eigenvalue weighted by Gasteiger charge is -2.13. The summed E-state index contributed by atoms with van der Waals surface area (Å²) in [5.74, 6) is 0.279. The molecule has 1 heterocycles. The van der Waals surface area contributed by atoms with Crippen molar-refractivity contribution in [2.45, 2.75) is 0 Å². The summed E-state index contributed by atoms with van der Waals surface area (Å²) in [7, 11) is 4.29. The Morgan fingerprint density at radius 2 is 1.73 bits per heavy atom. The van der Waals surface area contributed by atoms with E-state index in [9.17, 15) is 9.59 Å². The number of nitrogens with zero attached hydrogens (tertiary/aromatic N) is 1. The number of methoxy groups -OCH3 is 3. The zero-order valence-corrected chi connectivity index (χ0v) is 17.3. The summed E-state index contributed by atoms with van der Waals surface area (Å²) >= 11 is 6.07. The van der Waals surface area contributed by atoms with Gasteiger partial charge < -0.3 is 24.3 Å². The number of nitrogens with one attached hydrogen (secondary N) is 1. The average molecular weight is 431 g/mol. The lowest BCUT2D eigenvalue weighted by molar-refractivity contribution is -0.118. The number of hydrogen-bond donors (Lipinski definition) is 1. The van der Waals surface area contributed by atoms with Crippen LogP contribution in [0.4, 0.5) is 5.69 Å². The van der Waals surface area contributed by atoms with Gasteiger partial charge in [0.05, 0.1) is 26.8 Å². The normalized spacial score (nSPS) is 10.4. The lowest BCUT2D eigenvalue weighted by Crippen LogP contribution is -2.20. The minimum atomic E-state index is -0.619. The maximum absolute atomic E-state index is 12.4. The number of amides is 1.